The molecule has 11 rings (SSSR count). The summed E-state index contributed by atoms with van der Waals surface area (Å²) in [6.45, 7) is 4.97. The van der Waals surface area contributed by atoms with Gasteiger partial charge >= 0.3 is 0 Å². The van der Waals surface area contributed by atoms with Crippen LogP contribution in [0.5, 0.6) is 11.5 Å². The molecule has 0 fully saturated rings. The highest BCUT2D eigenvalue weighted by Gasteiger charge is 2.55. The molecule has 7 aromatic carbocycles. The van der Waals surface area contributed by atoms with Crippen LogP contribution in [0.2, 0.25) is 0 Å². The van der Waals surface area contributed by atoms with Crippen molar-refractivity contribution in [2.24, 2.45) is 0 Å². The summed E-state index contributed by atoms with van der Waals surface area (Å²) in [6.07, 6.45) is 0. The van der Waals surface area contributed by atoms with Crippen molar-refractivity contribution in [2.75, 3.05) is 0 Å². The Hall–Kier alpha value is -5.53. The third kappa shape index (κ3) is 3.33. The maximum atomic E-state index is 6.73. The monoisotopic (exact) mass is 622 g/mol. The van der Waals surface area contributed by atoms with Crippen LogP contribution in [0.1, 0.15) is 47.2 Å². The number of hydrogen-bond donors (Lipinski definition) is 0. The molecular weight excluding hydrogens is 590 g/mol. The molecule has 228 valence electrons. The smallest absolute Gasteiger partial charge is 0.251 e. The van der Waals surface area contributed by atoms with Gasteiger partial charge in [0.1, 0.15) is 11.5 Å². The molecular formula is C46H32B2O. The normalized spacial score (nSPS) is 16.0. The number of fused-ring (bicyclic) bond motifs is 13. The summed E-state index contributed by atoms with van der Waals surface area (Å²) in [5.41, 5.74) is 18.4. The molecule has 0 N–H and O–H groups in total. The van der Waals surface area contributed by atoms with Crippen LogP contribution in [0.25, 0.3) is 11.1 Å². The highest BCUT2D eigenvalue weighted by Crippen LogP contribution is 2.50. The summed E-state index contributed by atoms with van der Waals surface area (Å²) >= 11 is 0. The Labute approximate surface area is 288 Å². The van der Waals surface area contributed by atoms with Crippen molar-refractivity contribution in [3.63, 3.8) is 0 Å². The van der Waals surface area contributed by atoms with E-state index in [-0.39, 0.29) is 18.8 Å². The van der Waals surface area contributed by atoms with Gasteiger partial charge in [0.15, 0.2) is 0 Å². The third-order valence-corrected chi connectivity index (χ3v) is 12.2. The molecule has 0 radical (unpaired) electrons. The molecule has 3 heteroatoms. The second-order valence-corrected chi connectivity index (χ2v) is 14.7. The van der Waals surface area contributed by atoms with Crippen molar-refractivity contribution in [2.45, 2.75) is 24.7 Å². The Morgan fingerprint density at radius 3 is 1.61 bits per heavy atom. The summed E-state index contributed by atoms with van der Waals surface area (Å²) in [5, 5.41) is 0. The van der Waals surface area contributed by atoms with E-state index >= 15 is 0 Å². The molecule has 3 heterocycles. The van der Waals surface area contributed by atoms with E-state index in [1.54, 1.807) is 0 Å². The van der Waals surface area contributed by atoms with E-state index in [1.165, 1.54) is 77.3 Å². The molecule has 49 heavy (non-hydrogen) atoms. The quantitative estimate of drug-likeness (QED) is 0.200. The van der Waals surface area contributed by atoms with Crippen LogP contribution < -0.4 is 37.5 Å². The zero-order valence-electron chi connectivity index (χ0n) is 27.6. The molecule has 3 aliphatic heterocycles. The molecule has 0 unspecified atom stereocenters. The Morgan fingerprint density at radius 2 is 0.918 bits per heavy atom. The fourth-order valence-corrected chi connectivity index (χ4v) is 10.2. The molecule has 0 saturated carbocycles. The van der Waals surface area contributed by atoms with E-state index in [9.17, 15) is 0 Å². The molecule has 1 aliphatic carbocycles. The molecule has 0 atom stereocenters. The standard InChI is InChI=1S/C46H32B2O/c1-45(2)32-15-4-3-14-30(32)31-27-26-29(28-37(31)45)47-38-20-8-5-16-33(38)46(34-17-6-9-21-39(34)47)35-18-7-10-22-40(35)48-41-23-11-12-24-42(41)49-43-25-13-19-36(46)44(43)48/h3-28H,1-2H3. The van der Waals surface area contributed by atoms with Gasteiger partial charge in [0, 0.05) is 5.41 Å². The number of benzene rings is 7. The van der Waals surface area contributed by atoms with Crippen LogP contribution in [0, 0.1) is 0 Å². The lowest BCUT2D eigenvalue weighted by Gasteiger charge is -2.50. The second-order valence-electron chi connectivity index (χ2n) is 14.7. The minimum atomic E-state index is -0.496. The predicted molar refractivity (Wildman–Crippen MR) is 205 cm³/mol. The van der Waals surface area contributed by atoms with E-state index in [0.717, 1.165) is 11.5 Å². The predicted octanol–water partition coefficient (Wildman–Crippen LogP) is 6.14. The number of hydrogen-bond acceptors (Lipinski definition) is 1. The maximum Gasteiger partial charge on any atom is 0.251 e. The molecule has 0 saturated heterocycles. The molecule has 1 spiro atoms. The van der Waals surface area contributed by atoms with E-state index in [2.05, 4.69) is 172 Å². The zero-order valence-corrected chi connectivity index (χ0v) is 27.6. The lowest BCUT2D eigenvalue weighted by Crippen LogP contribution is -2.68. The molecule has 0 amide bonds. The molecule has 4 aliphatic rings. The second kappa shape index (κ2) is 9.55. The summed E-state index contributed by atoms with van der Waals surface area (Å²) < 4.78 is 6.73. The SMILES string of the molecule is CC1(C)c2ccccc2-c2ccc(B3c4ccccc4C4(c5ccccc53)c3ccccc3B3c5ccccc5Oc5cccc4c53)cc21. The van der Waals surface area contributed by atoms with E-state index < -0.39 is 5.41 Å². The summed E-state index contributed by atoms with van der Waals surface area (Å²) in [6, 6.07) is 59.3. The average Bonchev–Trinajstić information content (AvgIpc) is 3.38. The fraction of sp³-hybridized carbons (Fsp3) is 0.0870. The first-order valence-corrected chi connectivity index (χ1v) is 17.5. The van der Waals surface area contributed by atoms with Gasteiger partial charge in [0.2, 0.25) is 6.71 Å². The maximum absolute atomic E-state index is 6.73. The zero-order chi connectivity index (χ0) is 32.5. The number of para-hydroxylation sites is 1. The molecule has 7 aromatic rings. The van der Waals surface area contributed by atoms with Crippen molar-refractivity contribution < 1.29 is 4.74 Å². The lowest BCUT2D eigenvalue weighted by atomic mass is 9.26. The van der Waals surface area contributed by atoms with E-state index in [1.807, 2.05) is 0 Å². The minimum Gasteiger partial charge on any atom is -0.458 e. The first-order chi connectivity index (χ1) is 24.1. The Morgan fingerprint density at radius 1 is 0.408 bits per heavy atom. The van der Waals surface area contributed by atoms with Gasteiger partial charge in [-0.05, 0) is 67.6 Å². The Kier molecular flexibility index (Phi) is 5.34. The highest BCUT2D eigenvalue weighted by molar-refractivity contribution is 6.99. The molecule has 1 nitrogen and oxygen atoms in total. The number of rotatable bonds is 1. The highest BCUT2D eigenvalue weighted by atomic mass is 16.5. The Balaban J connectivity index is 1.21. The topological polar surface area (TPSA) is 9.23 Å². The van der Waals surface area contributed by atoms with E-state index in [0.29, 0.717) is 0 Å². The van der Waals surface area contributed by atoms with Crippen molar-refractivity contribution in [1.82, 2.24) is 0 Å². The lowest BCUT2D eigenvalue weighted by molar-refractivity contribution is 0.486. The van der Waals surface area contributed by atoms with Crippen molar-refractivity contribution in [3.05, 3.63) is 191 Å². The van der Waals surface area contributed by atoms with Crippen LogP contribution in [-0.4, -0.2) is 13.4 Å². The minimum absolute atomic E-state index is 0.0619. The third-order valence-electron chi connectivity index (χ3n) is 12.2. The fourth-order valence-electron chi connectivity index (χ4n) is 10.2. The van der Waals surface area contributed by atoms with Crippen molar-refractivity contribution >= 4 is 46.2 Å². The van der Waals surface area contributed by atoms with Crippen molar-refractivity contribution in [1.29, 1.82) is 0 Å². The van der Waals surface area contributed by atoms with Crippen LogP contribution >= 0.6 is 0 Å². The summed E-state index contributed by atoms with van der Waals surface area (Å²) in [7, 11) is 0. The largest absolute Gasteiger partial charge is 0.458 e. The van der Waals surface area contributed by atoms with Crippen LogP contribution in [0.4, 0.5) is 0 Å². The van der Waals surface area contributed by atoms with Crippen LogP contribution in [-0.2, 0) is 10.8 Å². The number of ether oxygens (including phenoxy) is 1. The van der Waals surface area contributed by atoms with Gasteiger partial charge in [0.05, 0.1) is 5.41 Å². The molecule has 0 aromatic heterocycles. The first-order valence-electron chi connectivity index (χ1n) is 17.5. The summed E-state index contributed by atoms with van der Waals surface area (Å²) in [4.78, 5) is 0. The van der Waals surface area contributed by atoms with Gasteiger partial charge < -0.3 is 4.74 Å². The van der Waals surface area contributed by atoms with Gasteiger partial charge in [-0.1, -0.05) is 181 Å². The van der Waals surface area contributed by atoms with Crippen LogP contribution in [0.15, 0.2) is 158 Å². The van der Waals surface area contributed by atoms with Gasteiger partial charge in [0.25, 0.3) is 6.71 Å². The molecule has 0 bridgehead atoms. The van der Waals surface area contributed by atoms with E-state index in [4.69, 9.17) is 4.74 Å². The van der Waals surface area contributed by atoms with Gasteiger partial charge in [-0.3, -0.25) is 0 Å². The average molecular weight is 622 g/mol. The van der Waals surface area contributed by atoms with Crippen molar-refractivity contribution in [3.8, 4) is 22.6 Å². The first kappa shape index (κ1) is 27.4. The van der Waals surface area contributed by atoms with Gasteiger partial charge in [-0.15, -0.1) is 0 Å². The van der Waals surface area contributed by atoms with Crippen LogP contribution in [0.3, 0.4) is 0 Å². The van der Waals surface area contributed by atoms with Gasteiger partial charge in [-0.2, -0.15) is 0 Å². The Bertz CT molecular complexity index is 2500. The van der Waals surface area contributed by atoms with Gasteiger partial charge in [-0.25, -0.2) is 0 Å². The summed E-state index contributed by atoms with van der Waals surface area (Å²) in [5.74, 6) is 1.92.